The van der Waals surface area contributed by atoms with Crippen LogP contribution in [0.25, 0.3) is 82.0 Å². The van der Waals surface area contributed by atoms with Gasteiger partial charge in [0.25, 0.3) is 0 Å². The standard InChI is InChI=1S/C41H24FN3O/c42-39(24-14-16-28-26-8-1-2-9-27(26)30-11-7-21-44-40(30)33(28)22-24)25-15-17-29-31-18-19-36-38(32-10-3-4-12-35(32)46-36)41(31)45(34(29)23-25)37-13-5-6-20-43-37/h1-23,39H. The molecule has 0 saturated heterocycles. The maximum atomic E-state index is 16.8. The molecule has 0 radical (unpaired) electrons. The molecule has 0 aliphatic rings. The Morgan fingerprint density at radius 1 is 0.522 bits per heavy atom. The molecule has 1 unspecified atom stereocenters. The molecule has 0 spiro atoms. The Hall–Kier alpha value is -6.07. The Morgan fingerprint density at radius 3 is 2.04 bits per heavy atom. The lowest BCUT2D eigenvalue weighted by molar-refractivity contribution is 0.402. The average Bonchev–Trinajstić information content (AvgIpc) is 3.67. The van der Waals surface area contributed by atoms with Gasteiger partial charge in [-0.05, 0) is 75.8 Å². The van der Waals surface area contributed by atoms with Crippen LogP contribution in [-0.4, -0.2) is 14.5 Å². The maximum Gasteiger partial charge on any atom is 0.150 e. The number of alkyl halides is 1. The number of furan rings is 1. The van der Waals surface area contributed by atoms with Crippen molar-refractivity contribution in [3.05, 3.63) is 151 Å². The number of halogens is 1. The van der Waals surface area contributed by atoms with Crippen molar-refractivity contribution in [3.8, 4) is 5.82 Å². The summed E-state index contributed by atoms with van der Waals surface area (Å²) in [5, 5.41) is 9.53. The summed E-state index contributed by atoms with van der Waals surface area (Å²) in [5.41, 5.74) is 5.59. The number of nitrogens with zero attached hydrogens (tertiary/aromatic N) is 3. The monoisotopic (exact) mass is 593 g/mol. The highest BCUT2D eigenvalue weighted by Crippen LogP contribution is 2.42. The van der Waals surface area contributed by atoms with Gasteiger partial charge in [-0.1, -0.05) is 78.9 Å². The minimum Gasteiger partial charge on any atom is -0.456 e. The molecule has 4 aromatic heterocycles. The van der Waals surface area contributed by atoms with E-state index in [1.807, 2.05) is 97.1 Å². The largest absolute Gasteiger partial charge is 0.456 e. The van der Waals surface area contributed by atoms with Crippen molar-refractivity contribution in [1.29, 1.82) is 0 Å². The summed E-state index contributed by atoms with van der Waals surface area (Å²) in [6.07, 6.45) is 2.25. The van der Waals surface area contributed by atoms with E-state index in [-0.39, 0.29) is 0 Å². The number of aromatic nitrogens is 3. The molecule has 0 amide bonds. The normalized spacial score (nSPS) is 12.8. The molecular weight excluding hydrogens is 569 g/mol. The molecule has 46 heavy (non-hydrogen) atoms. The quantitative estimate of drug-likeness (QED) is 0.191. The van der Waals surface area contributed by atoms with Gasteiger partial charge in [-0.15, -0.1) is 0 Å². The average molecular weight is 594 g/mol. The minimum absolute atomic E-state index is 0.582. The van der Waals surface area contributed by atoms with Crippen LogP contribution in [-0.2, 0) is 0 Å². The molecule has 5 heteroatoms. The van der Waals surface area contributed by atoms with Crippen LogP contribution in [0.5, 0.6) is 0 Å². The Kier molecular flexibility index (Phi) is 5.20. The van der Waals surface area contributed by atoms with Gasteiger partial charge in [0.2, 0.25) is 0 Å². The summed E-state index contributed by atoms with van der Waals surface area (Å²) >= 11 is 0. The molecule has 0 bridgehead atoms. The third-order valence-electron chi connectivity index (χ3n) is 9.37. The molecule has 216 valence electrons. The van der Waals surface area contributed by atoms with Crippen molar-refractivity contribution in [2.24, 2.45) is 0 Å². The van der Waals surface area contributed by atoms with Gasteiger partial charge in [0, 0.05) is 39.3 Å². The van der Waals surface area contributed by atoms with Crippen LogP contribution in [0.1, 0.15) is 17.3 Å². The number of pyridine rings is 2. The van der Waals surface area contributed by atoms with Crippen molar-refractivity contribution >= 4 is 76.2 Å². The van der Waals surface area contributed by atoms with E-state index in [4.69, 9.17) is 14.4 Å². The zero-order valence-electron chi connectivity index (χ0n) is 24.5. The molecule has 1 atom stereocenters. The van der Waals surface area contributed by atoms with Crippen molar-refractivity contribution < 1.29 is 8.81 Å². The first kappa shape index (κ1) is 25.3. The fraction of sp³-hybridized carbons (Fsp3) is 0.0244. The zero-order valence-corrected chi connectivity index (χ0v) is 24.5. The lowest BCUT2D eigenvalue weighted by Crippen LogP contribution is -1.99. The van der Waals surface area contributed by atoms with Gasteiger partial charge in [-0.2, -0.15) is 0 Å². The van der Waals surface area contributed by atoms with E-state index in [9.17, 15) is 0 Å². The van der Waals surface area contributed by atoms with Crippen molar-refractivity contribution in [2.75, 3.05) is 0 Å². The number of benzene rings is 6. The third kappa shape index (κ3) is 3.48. The van der Waals surface area contributed by atoms with Crippen LogP contribution in [0.2, 0.25) is 0 Å². The van der Waals surface area contributed by atoms with Crippen LogP contribution >= 0.6 is 0 Å². The van der Waals surface area contributed by atoms with Gasteiger partial charge in [-0.3, -0.25) is 9.55 Å². The highest BCUT2D eigenvalue weighted by Gasteiger charge is 2.22. The van der Waals surface area contributed by atoms with Crippen LogP contribution < -0.4 is 0 Å². The fourth-order valence-corrected chi connectivity index (χ4v) is 7.34. The second-order valence-electron chi connectivity index (χ2n) is 11.8. The van der Waals surface area contributed by atoms with E-state index < -0.39 is 6.17 Å². The number of para-hydroxylation sites is 1. The maximum absolute atomic E-state index is 16.8. The number of fused-ring (bicyclic) bond motifs is 13. The minimum atomic E-state index is -1.34. The summed E-state index contributed by atoms with van der Waals surface area (Å²) in [4.78, 5) is 9.49. The lowest BCUT2D eigenvalue weighted by atomic mass is 9.93. The van der Waals surface area contributed by atoms with Gasteiger partial charge in [0.05, 0.1) is 21.9 Å². The predicted octanol–water partition coefficient (Wildman–Crippen LogP) is 11.0. The van der Waals surface area contributed by atoms with E-state index in [1.165, 1.54) is 0 Å². The van der Waals surface area contributed by atoms with Gasteiger partial charge in [0.15, 0.2) is 6.17 Å². The number of rotatable bonds is 3. The van der Waals surface area contributed by atoms with E-state index >= 15 is 4.39 Å². The van der Waals surface area contributed by atoms with E-state index in [0.717, 1.165) is 82.0 Å². The SMILES string of the molecule is FC(c1ccc2c3ccccc3c3cccnc3c2c1)c1ccc2c3ccc4oc5ccccc5c4c3n(-c3ccccn3)c2c1. The van der Waals surface area contributed by atoms with Crippen LogP contribution in [0.4, 0.5) is 4.39 Å². The topological polar surface area (TPSA) is 43.9 Å². The molecule has 0 N–H and O–H groups in total. The molecule has 0 saturated carbocycles. The number of hydrogen-bond acceptors (Lipinski definition) is 3. The molecule has 0 aliphatic heterocycles. The fourth-order valence-electron chi connectivity index (χ4n) is 7.34. The van der Waals surface area contributed by atoms with Crippen LogP contribution in [0.15, 0.2) is 144 Å². The molecule has 6 aromatic carbocycles. The van der Waals surface area contributed by atoms with Crippen molar-refractivity contribution in [3.63, 3.8) is 0 Å². The second kappa shape index (κ2) is 9.46. The van der Waals surface area contributed by atoms with Gasteiger partial charge < -0.3 is 4.42 Å². The molecule has 10 rings (SSSR count). The molecule has 4 nitrogen and oxygen atoms in total. The predicted molar refractivity (Wildman–Crippen MR) is 186 cm³/mol. The van der Waals surface area contributed by atoms with Gasteiger partial charge >= 0.3 is 0 Å². The zero-order chi connectivity index (χ0) is 30.4. The summed E-state index contributed by atoms with van der Waals surface area (Å²) < 4.78 is 25.2. The third-order valence-corrected chi connectivity index (χ3v) is 9.37. The summed E-state index contributed by atoms with van der Waals surface area (Å²) in [6.45, 7) is 0. The smallest absolute Gasteiger partial charge is 0.150 e. The first-order valence-corrected chi connectivity index (χ1v) is 15.4. The highest BCUT2D eigenvalue weighted by atomic mass is 19.1. The number of hydrogen-bond donors (Lipinski definition) is 0. The van der Waals surface area contributed by atoms with Gasteiger partial charge in [-0.25, -0.2) is 9.37 Å². The van der Waals surface area contributed by atoms with E-state index in [0.29, 0.717) is 11.1 Å². The van der Waals surface area contributed by atoms with Crippen LogP contribution in [0.3, 0.4) is 0 Å². The van der Waals surface area contributed by atoms with Crippen LogP contribution in [0, 0.1) is 0 Å². The van der Waals surface area contributed by atoms with E-state index in [2.05, 4.69) is 34.9 Å². The molecule has 0 aliphatic carbocycles. The summed E-state index contributed by atoms with van der Waals surface area (Å²) in [5.74, 6) is 0.767. The second-order valence-corrected chi connectivity index (χ2v) is 11.8. The summed E-state index contributed by atoms with van der Waals surface area (Å²) in [7, 11) is 0. The molecular formula is C41H24FN3O. The Morgan fingerprint density at radius 2 is 1.20 bits per heavy atom. The summed E-state index contributed by atoms with van der Waals surface area (Å²) in [6, 6.07) is 42.3. The molecule has 0 fully saturated rings. The Labute approximate surface area is 262 Å². The first-order chi connectivity index (χ1) is 22.7. The first-order valence-electron chi connectivity index (χ1n) is 15.4. The van der Waals surface area contributed by atoms with Crippen molar-refractivity contribution in [1.82, 2.24) is 14.5 Å². The molecule has 4 heterocycles. The van der Waals surface area contributed by atoms with Gasteiger partial charge in [0.1, 0.15) is 17.0 Å². The Bertz CT molecular complexity index is 2800. The van der Waals surface area contributed by atoms with Crippen molar-refractivity contribution in [2.45, 2.75) is 6.17 Å². The molecule has 10 aromatic rings. The highest BCUT2D eigenvalue weighted by molar-refractivity contribution is 6.25. The Balaban J connectivity index is 1.23. The van der Waals surface area contributed by atoms with E-state index in [1.54, 1.807) is 12.4 Å². The lowest BCUT2D eigenvalue weighted by Gasteiger charge is -2.14.